The third kappa shape index (κ3) is 1.78. The first-order chi connectivity index (χ1) is 9.63. The van der Waals surface area contributed by atoms with Crippen molar-refractivity contribution in [1.29, 1.82) is 5.26 Å². The van der Waals surface area contributed by atoms with Crippen molar-refractivity contribution in [2.75, 3.05) is 5.73 Å². The molecule has 1 aliphatic carbocycles. The Labute approximate surface area is 118 Å². The van der Waals surface area contributed by atoms with E-state index in [1.165, 1.54) is 5.56 Å². The van der Waals surface area contributed by atoms with Crippen LogP contribution in [0.3, 0.4) is 0 Å². The lowest BCUT2D eigenvalue weighted by atomic mass is 9.83. The van der Waals surface area contributed by atoms with Crippen LogP contribution in [0.2, 0.25) is 0 Å². The minimum absolute atomic E-state index is 0.358. The van der Waals surface area contributed by atoms with Gasteiger partial charge in [0.2, 0.25) is 0 Å². The van der Waals surface area contributed by atoms with Crippen molar-refractivity contribution in [3.05, 3.63) is 35.2 Å². The molecule has 0 saturated heterocycles. The first kappa shape index (κ1) is 12.7. The highest BCUT2D eigenvalue weighted by Gasteiger charge is 2.26. The Morgan fingerprint density at radius 1 is 1.50 bits per heavy atom. The molecule has 4 heteroatoms. The fourth-order valence-electron chi connectivity index (χ4n) is 3.16. The van der Waals surface area contributed by atoms with Crippen LogP contribution in [0, 0.1) is 11.3 Å². The molecule has 1 atom stereocenters. The van der Waals surface area contributed by atoms with Crippen LogP contribution in [0.15, 0.2) is 18.3 Å². The molecule has 2 heterocycles. The van der Waals surface area contributed by atoms with Crippen LogP contribution >= 0.6 is 0 Å². The SMILES string of the molecule is CC1CCCc2c1nc(N)c(C#N)c2-c1cccn1C. The summed E-state index contributed by atoms with van der Waals surface area (Å²) >= 11 is 0. The Balaban J connectivity index is 2.37. The Morgan fingerprint density at radius 3 is 2.95 bits per heavy atom. The normalized spacial score (nSPS) is 17.6. The molecule has 0 spiro atoms. The number of hydrogen-bond donors (Lipinski definition) is 1. The molecule has 1 aliphatic rings. The maximum absolute atomic E-state index is 9.48. The quantitative estimate of drug-likeness (QED) is 0.862. The molecule has 0 fully saturated rings. The number of fused-ring (bicyclic) bond motifs is 1. The minimum Gasteiger partial charge on any atom is -0.383 e. The van der Waals surface area contributed by atoms with E-state index >= 15 is 0 Å². The molecular formula is C16H18N4. The lowest BCUT2D eigenvalue weighted by Gasteiger charge is -2.25. The van der Waals surface area contributed by atoms with E-state index in [2.05, 4.69) is 18.0 Å². The molecule has 2 aromatic rings. The molecule has 3 rings (SSSR count). The summed E-state index contributed by atoms with van der Waals surface area (Å²) in [5, 5.41) is 9.48. The maximum Gasteiger partial charge on any atom is 0.142 e. The predicted molar refractivity (Wildman–Crippen MR) is 79.1 cm³/mol. The number of hydrogen-bond acceptors (Lipinski definition) is 3. The number of aromatic nitrogens is 2. The van der Waals surface area contributed by atoms with Crippen LogP contribution in [0.5, 0.6) is 0 Å². The van der Waals surface area contributed by atoms with E-state index in [4.69, 9.17) is 5.73 Å². The molecule has 0 amide bonds. The Hall–Kier alpha value is -2.28. The van der Waals surface area contributed by atoms with Crippen molar-refractivity contribution in [3.63, 3.8) is 0 Å². The number of anilines is 1. The second-order valence-electron chi connectivity index (χ2n) is 5.52. The summed E-state index contributed by atoms with van der Waals surface area (Å²) in [5.74, 6) is 0.768. The van der Waals surface area contributed by atoms with E-state index < -0.39 is 0 Å². The Morgan fingerprint density at radius 2 is 2.30 bits per heavy atom. The van der Waals surface area contributed by atoms with Gasteiger partial charge in [-0.05, 0) is 42.9 Å². The third-order valence-corrected chi connectivity index (χ3v) is 4.20. The zero-order chi connectivity index (χ0) is 14.3. The van der Waals surface area contributed by atoms with Crippen LogP contribution in [0.1, 0.15) is 42.5 Å². The number of nitriles is 1. The van der Waals surface area contributed by atoms with Gasteiger partial charge in [0.25, 0.3) is 0 Å². The fourth-order valence-corrected chi connectivity index (χ4v) is 3.16. The second-order valence-corrected chi connectivity index (χ2v) is 5.52. The zero-order valence-electron chi connectivity index (χ0n) is 11.8. The molecule has 0 aliphatic heterocycles. The number of nitrogens with two attached hydrogens (primary N) is 1. The van der Waals surface area contributed by atoms with Crippen molar-refractivity contribution >= 4 is 5.82 Å². The van der Waals surface area contributed by atoms with E-state index in [1.54, 1.807) is 0 Å². The van der Waals surface area contributed by atoms with Crippen LogP contribution in [0.25, 0.3) is 11.3 Å². The molecule has 0 bridgehead atoms. The molecule has 20 heavy (non-hydrogen) atoms. The van der Waals surface area contributed by atoms with Gasteiger partial charge in [-0.1, -0.05) is 6.92 Å². The van der Waals surface area contributed by atoms with Crippen LogP contribution in [-0.4, -0.2) is 9.55 Å². The van der Waals surface area contributed by atoms with E-state index in [0.717, 1.165) is 36.2 Å². The molecule has 4 nitrogen and oxygen atoms in total. The molecule has 0 aromatic carbocycles. The fraction of sp³-hybridized carbons (Fsp3) is 0.375. The van der Waals surface area contributed by atoms with Crippen LogP contribution in [-0.2, 0) is 13.5 Å². The van der Waals surface area contributed by atoms with Crippen molar-refractivity contribution in [3.8, 4) is 17.3 Å². The zero-order valence-corrected chi connectivity index (χ0v) is 11.8. The Bertz CT molecular complexity index is 706. The topological polar surface area (TPSA) is 67.6 Å². The van der Waals surface area contributed by atoms with Crippen molar-refractivity contribution in [2.24, 2.45) is 7.05 Å². The summed E-state index contributed by atoms with van der Waals surface area (Å²) in [5.41, 5.74) is 10.8. The number of pyridine rings is 1. The first-order valence-electron chi connectivity index (χ1n) is 6.97. The number of nitrogens with zero attached hydrogens (tertiary/aromatic N) is 3. The number of rotatable bonds is 1. The Kier molecular flexibility index (Phi) is 2.98. The van der Waals surface area contributed by atoms with E-state index in [0.29, 0.717) is 17.3 Å². The average Bonchev–Trinajstić information content (AvgIpc) is 2.84. The van der Waals surface area contributed by atoms with Crippen molar-refractivity contribution in [1.82, 2.24) is 9.55 Å². The van der Waals surface area contributed by atoms with Gasteiger partial charge in [-0.2, -0.15) is 5.26 Å². The van der Waals surface area contributed by atoms with Gasteiger partial charge in [-0.25, -0.2) is 4.98 Å². The van der Waals surface area contributed by atoms with Gasteiger partial charge in [0.05, 0.1) is 0 Å². The predicted octanol–water partition coefficient (Wildman–Crippen LogP) is 2.98. The molecular weight excluding hydrogens is 248 g/mol. The van der Waals surface area contributed by atoms with Gasteiger partial charge >= 0.3 is 0 Å². The summed E-state index contributed by atoms with van der Waals surface area (Å²) < 4.78 is 2.04. The summed E-state index contributed by atoms with van der Waals surface area (Å²) in [6.07, 6.45) is 5.24. The van der Waals surface area contributed by atoms with Crippen molar-refractivity contribution in [2.45, 2.75) is 32.1 Å². The standard InChI is InChI=1S/C16H18N4/c1-10-5-3-6-11-14(13-7-4-8-20(13)2)12(9-17)16(18)19-15(10)11/h4,7-8,10H,3,5-6H2,1-2H3,(H2,18,19). The van der Waals surface area contributed by atoms with Crippen LogP contribution in [0.4, 0.5) is 5.82 Å². The second kappa shape index (κ2) is 4.68. The van der Waals surface area contributed by atoms with Gasteiger partial charge in [-0.3, -0.25) is 0 Å². The third-order valence-electron chi connectivity index (χ3n) is 4.20. The first-order valence-corrected chi connectivity index (χ1v) is 6.97. The molecule has 0 saturated carbocycles. The van der Waals surface area contributed by atoms with E-state index in [9.17, 15) is 5.26 Å². The van der Waals surface area contributed by atoms with Crippen LogP contribution < -0.4 is 5.73 Å². The maximum atomic E-state index is 9.48. The summed E-state index contributed by atoms with van der Waals surface area (Å²) in [6, 6.07) is 6.27. The summed E-state index contributed by atoms with van der Waals surface area (Å²) in [7, 11) is 1.99. The summed E-state index contributed by atoms with van der Waals surface area (Å²) in [6.45, 7) is 2.19. The minimum atomic E-state index is 0.358. The van der Waals surface area contributed by atoms with Crippen molar-refractivity contribution < 1.29 is 0 Å². The largest absolute Gasteiger partial charge is 0.383 e. The lowest BCUT2D eigenvalue weighted by Crippen LogP contribution is -2.15. The summed E-state index contributed by atoms with van der Waals surface area (Å²) in [4.78, 5) is 4.51. The molecule has 1 unspecified atom stereocenters. The van der Waals surface area contributed by atoms with Gasteiger partial charge in [-0.15, -0.1) is 0 Å². The smallest absolute Gasteiger partial charge is 0.142 e. The molecule has 2 N–H and O–H groups in total. The van der Waals surface area contributed by atoms with E-state index in [1.807, 2.05) is 29.9 Å². The monoisotopic (exact) mass is 266 g/mol. The lowest BCUT2D eigenvalue weighted by molar-refractivity contribution is 0.574. The highest BCUT2D eigenvalue weighted by Crippen LogP contribution is 2.39. The molecule has 0 radical (unpaired) electrons. The number of nitrogen functional groups attached to an aromatic ring is 1. The molecule has 102 valence electrons. The van der Waals surface area contributed by atoms with Gasteiger partial charge in [0, 0.05) is 30.2 Å². The van der Waals surface area contributed by atoms with Gasteiger partial charge in [0.1, 0.15) is 17.5 Å². The molecule has 2 aromatic heterocycles. The van der Waals surface area contributed by atoms with E-state index in [-0.39, 0.29) is 0 Å². The number of aryl methyl sites for hydroxylation is 1. The highest BCUT2D eigenvalue weighted by atomic mass is 14.9. The van der Waals surface area contributed by atoms with Gasteiger partial charge < -0.3 is 10.3 Å². The average molecular weight is 266 g/mol. The highest BCUT2D eigenvalue weighted by molar-refractivity contribution is 5.78. The van der Waals surface area contributed by atoms with Gasteiger partial charge in [0.15, 0.2) is 0 Å².